The predicted octanol–water partition coefficient (Wildman–Crippen LogP) is 2.37. The van der Waals surface area contributed by atoms with Crippen molar-refractivity contribution in [3.05, 3.63) is 29.8 Å². The number of likely N-dealkylation sites (N-methyl/N-ethyl adjacent to an activating group) is 1. The fourth-order valence-electron chi connectivity index (χ4n) is 3.27. The molecule has 0 radical (unpaired) electrons. The van der Waals surface area contributed by atoms with Gasteiger partial charge < -0.3 is 20.0 Å². The van der Waals surface area contributed by atoms with Gasteiger partial charge in [-0.15, -0.1) is 0 Å². The van der Waals surface area contributed by atoms with Gasteiger partial charge in [0, 0.05) is 19.6 Å². The quantitative estimate of drug-likeness (QED) is 0.803. The molecule has 2 N–H and O–H groups in total. The van der Waals surface area contributed by atoms with Crippen molar-refractivity contribution in [2.45, 2.75) is 50.7 Å². The highest BCUT2D eigenvalue weighted by Crippen LogP contribution is 2.31. The molecule has 0 aliphatic heterocycles. The standard InChI is InChI=1S/C19H30N2O3/c1-20(2)11-12-21(15-16-7-6-8-17(22)13-16)18(23)14-19(24)9-4-3-5-10-19/h6-8,13,22,24H,3-5,9-12,14-15H2,1-2H3. The van der Waals surface area contributed by atoms with Crippen LogP contribution in [0.5, 0.6) is 5.75 Å². The van der Waals surface area contributed by atoms with E-state index in [-0.39, 0.29) is 18.1 Å². The van der Waals surface area contributed by atoms with Gasteiger partial charge >= 0.3 is 0 Å². The zero-order valence-electron chi connectivity index (χ0n) is 14.9. The number of nitrogens with zero attached hydrogens (tertiary/aromatic N) is 2. The summed E-state index contributed by atoms with van der Waals surface area (Å²) in [5.41, 5.74) is 0.0580. The van der Waals surface area contributed by atoms with Crippen LogP contribution in [0, 0.1) is 0 Å². The van der Waals surface area contributed by atoms with E-state index in [4.69, 9.17) is 0 Å². The lowest BCUT2D eigenvalue weighted by Crippen LogP contribution is -2.42. The van der Waals surface area contributed by atoms with E-state index >= 15 is 0 Å². The Morgan fingerprint density at radius 2 is 1.88 bits per heavy atom. The molecule has 0 saturated heterocycles. The Bertz CT molecular complexity index is 539. The van der Waals surface area contributed by atoms with Crippen molar-refractivity contribution in [3.63, 3.8) is 0 Å². The largest absolute Gasteiger partial charge is 0.508 e. The van der Waals surface area contributed by atoms with Gasteiger partial charge in [0.1, 0.15) is 5.75 Å². The van der Waals surface area contributed by atoms with Crippen LogP contribution in [-0.4, -0.2) is 58.7 Å². The van der Waals surface area contributed by atoms with Gasteiger partial charge in [0.2, 0.25) is 5.91 Å². The number of hydrogen-bond donors (Lipinski definition) is 2. The van der Waals surface area contributed by atoms with Crippen molar-refractivity contribution in [1.29, 1.82) is 0 Å². The normalized spacial score (nSPS) is 17.0. The van der Waals surface area contributed by atoms with E-state index in [2.05, 4.69) is 0 Å². The van der Waals surface area contributed by atoms with Gasteiger partial charge in [0.15, 0.2) is 0 Å². The molecule has 5 nitrogen and oxygen atoms in total. The molecule has 0 bridgehead atoms. The molecule has 2 rings (SSSR count). The third-order valence-electron chi connectivity index (χ3n) is 4.72. The third kappa shape index (κ3) is 5.80. The highest BCUT2D eigenvalue weighted by molar-refractivity contribution is 5.77. The summed E-state index contributed by atoms with van der Waals surface area (Å²) in [5.74, 6) is 0.197. The number of carbonyl (C=O) groups is 1. The molecule has 0 spiro atoms. The Kier molecular flexibility index (Phi) is 6.63. The van der Waals surface area contributed by atoms with Gasteiger partial charge in [-0.3, -0.25) is 4.79 Å². The number of aliphatic hydroxyl groups is 1. The topological polar surface area (TPSA) is 64.0 Å². The molecule has 0 unspecified atom stereocenters. The van der Waals surface area contributed by atoms with Gasteiger partial charge in [-0.1, -0.05) is 31.4 Å². The minimum Gasteiger partial charge on any atom is -0.508 e. The van der Waals surface area contributed by atoms with Crippen LogP contribution in [0.25, 0.3) is 0 Å². The lowest BCUT2D eigenvalue weighted by Gasteiger charge is -2.34. The molecule has 1 saturated carbocycles. The average Bonchev–Trinajstić information content (AvgIpc) is 2.51. The van der Waals surface area contributed by atoms with Crippen LogP contribution in [0.3, 0.4) is 0 Å². The van der Waals surface area contributed by atoms with Gasteiger partial charge in [-0.2, -0.15) is 0 Å². The average molecular weight is 334 g/mol. The Hall–Kier alpha value is -1.59. The summed E-state index contributed by atoms with van der Waals surface area (Å²) < 4.78 is 0. The second kappa shape index (κ2) is 8.49. The number of phenols is 1. The Labute approximate surface area is 144 Å². The van der Waals surface area contributed by atoms with E-state index < -0.39 is 5.60 Å². The van der Waals surface area contributed by atoms with Crippen LogP contribution in [0.15, 0.2) is 24.3 Å². The summed E-state index contributed by atoms with van der Waals surface area (Å²) in [5, 5.41) is 20.3. The molecule has 1 aromatic rings. The molecule has 0 atom stereocenters. The van der Waals surface area contributed by atoms with Crippen LogP contribution >= 0.6 is 0 Å². The summed E-state index contributed by atoms with van der Waals surface area (Å²) in [6, 6.07) is 7.00. The van der Waals surface area contributed by atoms with Crippen LogP contribution in [0.2, 0.25) is 0 Å². The zero-order chi connectivity index (χ0) is 17.6. The summed E-state index contributed by atoms with van der Waals surface area (Å²) >= 11 is 0. The molecule has 1 amide bonds. The summed E-state index contributed by atoms with van der Waals surface area (Å²) in [6.45, 7) is 1.83. The molecule has 1 aliphatic rings. The van der Waals surface area contributed by atoms with E-state index in [9.17, 15) is 15.0 Å². The molecular formula is C19H30N2O3. The molecule has 1 aromatic carbocycles. The first kappa shape index (κ1) is 18.7. The summed E-state index contributed by atoms with van der Waals surface area (Å²) in [6.07, 6.45) is 4.75. The summed E-state index contributed by atoms with van der Waals surface area (Å²) in [7, 11) is 3.96. The first-order valence-corrected chi connectivity index (χ1v) is 8.81. The van der Waals surface area contributed by atoms with Crippen LogP contribution < -0.4 is 0 Å². The zero-order valence-corrected chi connectivity index (χ0v) is 14.9. The molecule has 5 heteroatoms. The fourth-order valence-corrected chi connectivity index (χ4v) is 3.27. The van der Waals surface area contributed by atoms with Crippen LogP contribution in [0.4, 0.5) is 0 Å². The highest BCUT2D eigenvalue weighted by Gasteiger charge is 2.33. The van der Waals surface area contributed by atoms with Crippen molar-refractivity contribution in [2.75, 3.05) is 27.2 Å². The fraction of sp³-hybridized carbons (Fsp3) is 0.632. The number of rotatable bonds is 7. The first-order valence-electron chi connectivity index (χ1n) is 8.81. The Balaban J connectivity index is 2.04. The maximum atomic E-state index is 12.8. The molecule has 24 heavy (non-hydrogen) atoms. The number of amides is 1. The Morgan fingerprint density at radius 3 is 2.50 bits per heavy atom. The molecule has 1 fully saturated rings. The second-order valence-corrected chi connectivity index (χ2v) is 7.25. The SMILES string of the molecule is CN(C)CCN(Cc1cccc(O)c1)C(=O)CC1(O)CCCCC1. The number of carbonyl (C=O) groups excluding carboxylic acids is 1. The smallest absolute Gasteiger partial charge is 0.225 e. The number of benzene rings is 1. The number of hydrogen-bond acceptors (Lipinski definition) is 4. The van der Waals surface area contributed by atoms with Gasteiger partial charge in [-0.05, 0) is 44.6 Å². The van der Waals surface area contributed by atoms with Crippen molar-refractivity contribution >= 4 is 5.91 Å². The van der Waals surface area contributed by atoms with Crippen LogP contribution in [-0.2, 0) is 11.3 Å². The van der Waals surface area contributed by atoms with Crippen molar-refractivity contribution in [2.24, 2.45) is 0 Å². The highest BCUT2D eigenvalue weighted by atomic mass is 16.3. The molecule has 1 aliphatic carbocycles. The van der Waals surface area contributed by atoms with E-state index in [1.165, 1.54) is 0 Å². The maximum absolute atomic E-state index is 12.8. The van der Waals surface area contributed by atoms with E-state index in [0.29, 0.717) is 25.9 Å². The van der Waals surface area contributed by atoms with Gasteiger partial charge in [-0.25, -0.2) is 0 Å². The molecule has 0 aromatic heterocycles. The van der Waals surface area contributed by atoms with Crippen molar-refractivity contribution in [1.82, 2.24) is 9.80 Å². The van der Waals surface area contributed by atoms with Crippen molar-refractivity contribution < 1.29 is 15.0 Å². The Morgan fingerprint density at radius 1 is 1.17 bits per heavy atom. The molecule has 0 heterocycles. The molecular weight excluding hydrogens is 304 g/mol. The van der Waals surface area contributed by atoms with E-state index in [0.717, 1.165) is 31.4 Å². The van der Waals surface area contributed by atoms with E-state index in [1.54, 1.807) is 23.1 Å². The predicted molar refractivity (Wildman–Crippen MR) is 94.7 cm³/mol. The number of aromatic hydroxyl groups is 1. The minimum atomic E-state index is -0.843. The lowest BCUT2D eigenvalue weighted by molar-refractivity contribution is -0.138. The van der Waals surface area contributed by atoms with E-state index in [1.807, 2.05) is 25.1 Å². The maximum Gasteiger partial charge on any atom is 0.225 e. The van der Waals surface area contributed by atoms with Gasteiger partial charge in [0.05, 0.1) is 12.0 Å². The minimum absolute atomic E-state index is 0.00964. The van der Waals surface area contributed by atoms with Crippen LogP contribution in [0.1, 0.15) is 44.1 Å². The summed E-state index contributed by atoms with van der Waals surface area (Å²) in [4.78, 5) is 16.6. The first-order chi connectivity index (χ1) is 11.4. The third-order valence-corrected chi connectivity index (χ3v) is 4.72. The van der Waals surface area contributed by atoms with Crippen molar-refractivity contribution in [3.8, 4) is 5.75 Å². The molecule has 134 valence electrons. The van der Waals surface area contributed by atoms with Gasteiger partial charge in [0.25, 0.3) is 0 Å². The lowest BCUT2D eigenvalue weighted by atomic mass is 9.82. The number of phenolic OH excluding ortho intramolecular Hbond substituents is 1. The second-order valence-electron chi connectivity index (χ2n) is 7.25. The monoisotopic (exact) mass is 334 g/mol.